The van der Waals surface area contributed by atoms with Crippen molar-refractivity contribution in [1.29, 1.82) is 0 Å². The molecule has 1 aliphatic heterocycles. The van der Waals surface area contributed by atoms with Crippen LogP contribution in [0.25, 0.3) is 0 Å². The summed E-state index contributed by atoms with van der Waals surface area (Å²) in [5.41, 5.74) is 4.94. The quantitative estimate of drug-likeness (QED) is 0.781. The fourth-order valence-corrected chi connectivity index (χ4v) is 4.01. The average molecular weight is 281 g/mol. The lowest BCUT2D eigenvalue weighted by molar-refractivity contribution is -0.124. The maximum Gasteiger partial charge on any atom is 0.237 e. The molecule has 1 unspecified atom stereocenters. The van der Waals surface area contributed by atoms with Crippen LogP contribution < -0.4 is 11.1 Å². The molecule has 1 saturated carbocycles. The molecule has 20 heavy (non-hydrogen) atoms. The number of primary amides is 1. The normalized spacial score (nSPS) is 30.5. The lowest BCUT2D eigenvalue weighted by Gasteiger charge is -2.44. The first-order chi connectivity index (χ1) is 9.57. The smallest absolute Gasteiger partial charge is 0.237 e. The van der Waals surface area contributed by atoms with Crippen LogP contribution in [0.4, 0.5) is 0 Å². The third-order valence-electron chi connectivity index (χ3n) is 5.58. The third kappa shape index (κ3) is 3.53. The summed E-state index contributed by atoms with van der Waals surface area (Å²) in [4.78, 5) is 14.2. The molecule has 4 heteroatoms. The number of nitrogens with one attached hydrogen (secondary N) is 1. The molecule has 1 saturated heterocycles. The van der Waals surface area contributed by atoms with E-state index >= 15 is 0 Å². The van der Waals surface area contributed by atoms with Crippen molar-refractivity contribution in [2.75, 3.05) is 20.1 Å². The number of likely N-dealkylation sites (N-methyl/N-ethyl adjacent to an activating group) is 1. The summed E-state index contributed by atoms with van der Waals surface area (Å²) < 4.78 is 0. The van der Waals surface area contributed by atoms with Crippen LogP contribution in [-0.2, 0) is 4.79 Å². The number of hydrogen-bond donors (Lipinski definition) is 2. The Morgan fingerprint density at radius 1 is 1.30 bits per heavy atom. The Bertz CT molecular complexity index is 332. The second-order valence-electron chi connectivity index (χ2n) is 6.84. The average Bonchev–Trinajstić information content (AvgIpc) is 2.47. The van der Waals surface area contributed by atoms with Crippen LogP contribution in [0.2, 0.25) is 0 Å². The zero-order valence-electron chi connectivity index (χ0n) is 13.2. The van der Waals surface area contributed by atoms with Gasteiger partial charge in [-0.2, -0.15) is 0 Å². The first-order valence-corrected chi connectivity index (χ1v) is 8.30. The molecule has 1 amide bonds. The highest BCUT2D eigenvalue weighted by molar-refractivity contribution is 5.84. The van der Waals surface area contributed by atoms with E-state index < -0.39 is 5.54 Å². The van der Waals surface area contributed by atoms with Crippen LogP contribution >= 0.6 is 0 Å². The van der Waals surface area contributed by atoms with E-state index in [1.54, 1.807) is 0 Å². The summed E-state index contributed by atoms with van der Waals surface area (Å²) in [5, 5.41) is 3.08. The molecule has 2 rings (SSSR count). The Labute approximate surface area is 123 Å². The van der Waals surface area contributed by atoms with Crippen molar-refractivity contribution in [3.05, 3.63) is 0 Å². The van der Waals surface area contributed by atoms with Crippen molar-refractivity contribution in [2.45, 2.75) is 69.9 Å². The van der Waals surface area contributed by atoms with Crippen LogP contribution in [-0.4, -0.2) is 42.5 Å². The monoisotopic (exact) mass is 281 g/mol. The molecule has 0 bridgehead atoms. The molecule has 2 aliphatic rings. The van der Waals surface area contributed by atoms with Gasteiger partial charge in [-0.15, -0.1) is 0 Å². The second-order valence-corrected chi connectivity index (χ2v) is 6.84. The standard InChI is InChI=1S/C16H31N3O/c1-16(18-2,15(17)20)10-6-12-19-11-5-8-13-7-3-4-9-14(13)19/h13-14,18H,3-12H2,1-2H3,(H2,17,20)/t13-,14-,16?/m1/s1. The Morgan fingerprint density at radius 3 is 2.70 bits per heavy atom. The van der Waals surface area contributed by atoms with Crippen molar-refractivity contribution >= 4 is 5.91 Å². The minimum absolute atomic E-state index is 0.241. The Balaban J connectivity index is 1.82. The molecule has 1 heterocycles. The minimum Gasteiger partial charge on any atom is -0.368 e. The van der Waals surface area contributed by atoms with E-state index in [0.29, 0.717) is 0 Å². The highest BCUT2D eigenvalue weighted by Gasteiger charge is 2.34. The van der Waals surface area contributed by atoms with Crippen molar-refractivity contribution in [2.24, 2.45) is 11.7 Å². The zero-order valence-corrected chi connectivity index (χ0v) is 13.2. The Kier molecular flexibility index (Phi) is 5.44. The molecule has 3 N–H and O–H groups in total. The molecule has 0 radical (unpaired) electrons. The van der Waals surface area contributed by atoms with Gasteiger partial charge in [0.2, 0.25) is 5.91 Å². The highest BCUT2D eigenvalue weighted by atomic mass is 16.1. The molecule has 0 aromatic heterocycles. The number of likely N-dealkylation sites (tertiary alicyclic amines) is 1. The SMILES string of the molecule is CNC(C)(CCCN1CCC[C@H]2CCCC[C@H]21)C(N)=O. The number of carbonyl (C=O) groups is 1. The van der Waals surface area contributed by atoms with Crippen molar-refractivity contribution < 1.29 is 4.79 Å². The zero-order chi connectivity index (χ0) is 14.6. The van der Waals surface area contributed by atoms with Gasteiger partial charge in [-0.25, -0.2) is 0 Å². The van der Waals surface area contributed by atoms with Gasteiger partial charge in [0.1, 0.15) is 0 Å². The van der Waals surface area contributed by atoms with E-state index in [-0.39, 0.29) is 5.91 Å². The van der Waals surface area contributed by atoms with Gasteiger partial charge < -0.3 is 16.0 Å². The van der Waals surface area contributed by atoms with Crippen LogP contribution in [0.1, 0.15) is 58.3 Å². The first-order valence-electron chi connectivity index (χ1n) is 8.30. The molecule has 1 aliphatic carbocycles. The van der Waals surface area contributed by atoms with Crippen LogP contribution in [0, 0.1) is 5.92 Å². The van der Waals surface area contributed by atoms with Gasteiger partial charge in [-0.3, -0.25) is 4.79 Å². The number of fused-ring (bicyclic) bond motifs is 1. The van der Waals surface area contributed by atoms with E-state index in [9.17, 15) is 4.79 Å². The lowest BCUT2D eigenvalue weighted by Crippen LogP contribution is -2.52. The minimum atomic E-state index is -0.554. The van der Waals surface area contributed by atoms with E-state index in [1.165, 1.54) is 45.1 Å². The third-order valence-corrected chi connectivity index (χ3v) is 5.58. The summed E-state index contributed by atoms with van der Waals surface area (Å²) >= 11 is 0. The second kappa shape index (κ2) is 6.90. The van der Waals surface area contributed by atoms with E-state index in [2.05, 4.69) is 10.2 Å². The molecule has 2 fully saturated rings. The largest absolute Gasteiger partial charge is 0.368 e. The topological polar surface area (TPSA) is 58.4 Å². The first kappa shape index (κ1) is 15.8. The number of nitrogens with two attached hydrogens (primary N) is 1. The number of carbonyl (C=O) groups excluding carboxylic acids is 1. The maximum atomic E-state index is 11.5. The highest BCUT2D eigenvalue weighted by Crippen LogP contribution is 2.35. The lowest BCUT2D eigenvalue weighted by atomic mass is 9.78. The number of nitrogens with zero attached hydrogens (tertiary/aromatic N) is 1. The van der Waals surface area contributed by atoms with Gasteiger partial charge >= 0.3 is 0 Å². The van der Waals surface area contributed by atoms with Crippen molar-refractivity contribution in [3.63, 3.8) is 0 Å². The van der Waals surface area contributed by atoms with Gasteiger partial charge in [0.15, 0.2) is 0 Å². The predicted octanol–water partition coefficient (Wildman–Crippen LogP) is 1.88. The van der Waals surface area contributed by atoms with E-state index in [1.807, 2.05) is 14.0 Å². The molecule has 4 nitrogen and oxygen atoms in total. The van der Waals surface area contributed by atoms with Gasteiger partial charge in [0, 0.05) is 6.04 Å². The van der Waals surface area contributed by atoms with Gasteiger partial charge in [0.25, 0.3) is 0 Å². The number of rotatable bonds is 6. The number of amides is 1. The molecular weight excluding hydrogens is 250 g/mol. The number of piperidine rings is 1. The number of hydrogen-bond acceptors (Lipinski definition) is 3. The fourth-order valence-electron chi connectivity index (χ4n) is 4.01. The van der Waals surface area contributed by atoms with Gasteiger partial charge in [0.05, 0.1) is 5.54 Å². The maximum absolute atomic E-state index is 11.5. The van der Waals surface area contributed by atoms with Crippen LogP contribution in [0.5, 0.6) is 0 Å². The summed E-state index contributed by atoms with van der Waals surface area (Å²) in [6, 6.07) is 0.812. The molecule has 0 spiro atoms. The van der Waals surface area contributed by atoms with Crippen LogP contribution in [0.15, 0.2) is 0 Å². The van der Waals surface area contributed by atoms with Crippen molar-refractivity contribution in [1.82, 2.24) is 10.2 Å². The molecule has 116 valence electrons. The summed E-state index contributed by atoms with van der Waals surface area (Å²) in [6.07, 6.45) is 10.3. The molecule has 0 aromatic rings. The Morgan fingerprint density at radius 2 is 2.00 bits per heavy atom. The van der Waals surface area contributed by atoms with E-state index in [0.717, 1.165) is 31.3 Å². The van der Waals surface area contributed by atoms with E-state index in [4.69, 9.17) is 5.73 Å². The summed E-state index contributed by atoms with van der Waals surface area (Å²) in [5.74, 6) is 0.693. The van der Waals surface area contributed by atoms with Gasteiger partial charge in [-0.05, 0) is 71.5 Å². The van der Waals surface area contributed by atoms with Crippen LogP contribution in [0.3, 0.4) is 0 Å². The molecule has 3 atom stereocenters. The predicted molar refractivity (Wildman–Crippen MR) is 82.4 cm³/mol. The molecular formula is C16H31N3O. The Hall–Kier alpha value is -0.610. The summed E-state index contributed by atoms with van der Waals surface area (Å²) in [7, 11) is 1.82. The summed E-state index contributed by atoms with van der Waals surface area (Å²) in [6.45, 7) is 4.27. The fraction of sp³-hybridized carbons (Fsp3) is 0.938. The van der Waals surface area contributed by atoms with Crippen molar-refractivity contribution in [3.8, 4) is 0 Å². The molecule has 0 aromatic carbocycles. The van der Waals surface area contributed by atoms with Gasteiger partial charge in [-0.1, -0.05) is 12.8 Å².